The zero-order chi connectivity index (χ0) is 24.7. The SMILES string of the molecule is CCCCCC1(F)CCCCC1C(CCF)c1ccc(-c2ccc(-c3ccccc3)cc2)c(F)c1. The van der Waals surface area contributed by atoms with E-state index in [9.17, 15) is 4.39 Å². The largest absolute Gasteiger partial charge is 0.251 e. The van der Waals surface area contributed by atoms with Gasteiger partial charge < -0.3 is 0 Å². The Bertz CT molecular complexity index is 1060. The smallest absolute Gasteiger partial charge is 0.131 e. The van der Waals surface area contributed by atoms with Crippen LogP contribution < -0.4 is 0 Å². The maximum Gasteiger partial charge on any atom is 0.131 e. The molecule has 4 rings (SSSR count). The van der Waals surface area contributed by atoms with Crippen LogP contribution >= 0.6 is 0 Å². The number of hydrogen-bond donors (Lipinski definition) is 0. The summed E-state index contributed by atoms with van der Waals surface area (Å²) in [5.74, 6) is -0.875. The van der Waals surface area contributed by atoms with E-state index in [0.29, 0.717) is 18.4 Å². The lowest BCUT2D eigenvalue weighted by Gasteiger charge is -2.42. The number of halogens is 3. The lowest BCUT2D eigenvalue weighted by molar-refractivity contribution is 0.00917. The molecule has 3 aromatic carbocycles. The number of unbranched alkanes of at least 4 members (excludes halogenated alkanes) is 2. The molecule has 0 N–H and O–H groups in total. The van der Waals surface area contributed by atoms with E-state index in [-0.39, 0.29) is 24.1 Å². The molecule has 1 fully saturated rings. The molecule has 1 saturated carbocycles. The van der Waals surface area contributed by atoms with Crippen LogP contribution in [0.3, 0.4) is 0 Å². The molecule has 3 atom stereocenters. The van der Waals surface area contributed by atoms with Crippen molar-refractivity contribution in [3.05, 3.63) is 84.2 Å². The minimum absolute atomic E-state index is 0.245. The summed E-state index contributed by atoms with van der Waals surface area (Å²) in [4.78, 5) is 0. The van der Waals surface area contributed by atoms with Gasteiger partial charge >= 0.3 is 0 Å². The van der Waals surface area contributed by atoms with Gasteiger partial charge in [-0.3, -0.25) is 4.39 Å². The molecule has 0 aliphatic heterocycles. The van der Waals surface area contributed by atoms with E-state index in [1.54, 1.807) is 6.07 Å². The Morgan fingerprint density at radius 3 is 2.29 bits per heavy atom. The Hall–Kier alpha value is -2.55. The average molecular weight is 479 g/mol. The van der Waals surface area contributed by atoms with E-state index in [1.807, 2.05) is 60.7 Å². The minimum atomic E-state index is -1.28. The van der Waals surface area contributed by atoms with Crippen LogP contribution in [0.1, 0.15) is 76.2 Å². The van der Waals surface area contributed by atoms with E-state index < -0.39 is 12.3 Å². The summed E-state index contributed by atoms with van der Waals surface area (Å²) < 4.78 is 45.3. The van der Waals surface area contributed by atoms with Gasteiger partial charge in [0.05, 0.1) is 6.67 Å². The van der Waals surface area contributed by atoms with Crippen molar-refractivity contribution in [2.75, 3.05) is 6.67 Å². The summed E-state index contributed by atoms with van der Waals surface area (Å²) in [5.41, 5.74) is 2.96. The third kappa shape index (κ3) is 6.00. The van der Waals surface area contributed by atoms with Crippen LogP contribution in [0.25, 0.3) is 22.3 Å². The lowest BCUT2D eigenvalue weighted by atomic mass is 9.66. The second-order valence-electron chi connectivity index (χ2n) is 10.1. The van der Waals surface area contributed by atoms with Crippen LogP contribution in [-0.4, -0.2) is 12.3 Å². The third-order valence-electron chi connectivity index (χ3n) is 7.85. The first-order valence-electron chi connectivity index (χ1n) is 13.3. The van der Waals surface area contributed by atoms with Gasteiger partial charge in [-0.15, -0.1) is 0 Å². The van der Waals surface area contributed by atoms with Crippen LogP contribution in [0.5, 0.6) is 0 Å². The first-order chi connectivity index (χ1) is 17.1. The molecule has 0 heterocycles. The van der Waals surface area contributed by atoms with Crippen molar-refractivity contribution in [1.82, 2.24) is 0 Å². The first kappa shape index (κ1) is 25.5. The fraction of sp³-hybridized carbons (Fsp3) is 0.438. The highest BCUT2D eigenvalue weighted by molar-refractivity contribution is 5.70. The Morgan fingerprint density at radius 1 is 0.886 bits per heavy atom. The summed E-state index contributed by atoms with van der Waals surface area (Å²) in [6, 6.07) is 23.1. The molecule has 0 spiro atoms. The van der Waals surface area contributed by atoms with Crippen LogP contribution in [0, 0.1) is 11.7 Å². The summed E-state index contributed by atoms with van der Waals surface area (Å²) in [6.07, 6.45) is 6.83. The van der Waals surface area contributed by atoms with Crippen LogP contribution in [0.4, 0.5) is 13.2 Å². The number of benzene rings is 3. The second kappa shape index (κ2) is 11.9. The van der Waals surface area contributed by atoms with Crippen molar-refractivity contribution in [2.24, 2.45) is 5.92 Å². The molecular formula is C32H37F3. The quantitative estimate of drug-likeness (QED) is 0.254. The van der Waals surface area contributed by atoms with Crippen molar-refractivity contribution in [2.45, 2.75) is 76.3 Å². The van der Waals surface area contributed by atoms with Crippen LogP contribution in [0.15, 0.2) is 72.8 Å². The standard InChI is InChI=1S/C32H37F3/c1-2-3-8-20-32(35)21-9-7-12-30(32)28(19-22-33)27-17-18-29(31(34)23-27)26-15-13-25(14-16-26)24-10-5-4-6-11-24/h4-6,10-11,13-18,23,28,30H,2-3,7-9,12,19-22H2,1H3. The van der Waals surface area contributed by atoms with Crippen molar-refractivity contribution < 1.29 is 13.2 Å². The molecule has 0 bridgehead atoms. The molecule has 0 nitrogen and oxygen atoms in total. The van der Waals surface area contributed by atoms with E-state index in [2.05, 4.69) is 6.92 Å². The summed E-state index contributed by atoms with van der Waals surface area (Å²) >= 11 is 0. The van der Waals surface area contributed by atoms with Gasteiger partial charge in [0.25, 0.3) is 0 Å². The predicted molar refractivity (Wildman–Crippen MR) is 141 cm³/mol. The molecule has 1 aliphatic rings. The van der Waals surface area contributed by atoms with Crippen LogP contribution in [-0.2, 0) is 0 Å². The fourth-order valence-electron chi connectivity index (χ4n) is 5.95. The summed E-state index contributed by atoms with van der Waals surface area (Å²) in [5, 5.41) is 0. The Labute approximate surface area is 208 Å². The molecule has 3 heteroatoms. The van der Waals surface area contributed by atoms with E-state index in [1.165, 1.54) is 6.07 Å². The maximum atomic E-state index is 16.2. The molecule has 35 heavy (non-hydrogen) atoms. The van der Waals surface area contributed by atoms with Crippen LogP contribution in [0.2, 0.25) is 0 Å². The highest BCUT2D eigenvalue weighted by Gasteiger charge is 2.44. The predicted octanol–water partition coefficient (Wildman–Crippen LogP) is 10.1. The molecule has 3 unspecified atom stereocenters. The van der Waals surface area contributed by atoms with Gasteiger partial charge in [0.2, 0.25) is 0 Å². The zero-order valence-corrected chi connectivity index (χ0v) is 20.8. The van der Waals surface area contributed by atoms with Gasteiger partial charge in [0, 0.05) is 5.56 Å². The van der Waals surface area contributed by atoms with Gasteiger partial charge in [0.1, 0.15) is 11.5 Å². The van der Waals surface area contributed by atoms with Gasteiger partial charge in [-0.05, 0) is 65.8 Å². The van der Waals surface area contributed by atoms with Crippen molar-refractivity contribution >= 4 is 0 Å². The maximum absolute atomic E-state index is 16.2. The highest BCUT2D eigenvalue weighted by atomic mass is 19.1. The van der Waals surface area contributed by atoms with Crippen molar-refractivity contribution in [1.29, 1.82) is 0 Å². The summed E-state index contributed by atoms with van der Waals surface area (Å²) in [7, 11) is 0. The van der Waals surface area contributed by atoms with Crippen molar-refractivity contribution in [3.63, 3.8) is 0 Å². The number of alkyl halides is 2. The molecular weight excluding hydrogens is 441 g/mol. The van der Waals surface area contributed by atoms with E-state index in [0.717, 1.165) is 60.8 Å². The molecule has 3 aromatic rings. The Morgan fingerprint density at radius 2 is 1.60 bits per heavy atom. The molecule has 1 aliphatic carbocycles. The summed E-state index contributed by atoms with van der Waals surface area (Å²) in [6.45, 7) is 1.60. The lowest BCUT2D eigenvalue weighted by Crippen LogP contribution is -2.40. The number of hydrogen-bond acceptors (Lipinski definition) is 0. The normalized spacial score (nSPS) is 21.1. The monoisotopic (exact) mass is 478 g/mol. The van der Waals surface area contributed by atoms with Gasteiger partial charge in [-0.2, -0.15) is 0 Å². The van der Waals surface area contributed by atoms with E-state index >= 15 is 8.78 Å². The average Bonchev–Trinajstić information content (AvgIpc) is 2.89. The molecule has 186 valence electrons. The second-order valence-corrected chi connectivity index (χ2v) is 10.1. The Kier molecular flexibility index (Phi) is 8.70. The topological polar surface area (TPSA) is 0 Å². The molecule has 0 saturated heterocycles. The van der Waals surface area contributed by atoms with Gasteiger partial charge in [-0.25, -0.2) is 8.78 Å². The third-order valence-corrected chi connectivity index (χ3v) is 7.85. The zero-order valence-electron chi connectivity index (χ0n) is 20.8. The van der Waals surface area contributed by atoms with E-state index in [4.69, 9.17) is 0 Å². The minimum Gasteiger partial charge on any atom is -0.251 e. The Balaban J connectivity index is 1.58. The number of rotatable bonds is 10. The van der Waals surface area contributed by atoms with Gasteiger partial charge in [-0.1, -0.05) is 106 Å². The first-order valence-corrected chi connectivity index (χ1v) is 13.3. The fourth-order valence-corrected chi connectivity index (χ4v) is 5.95. The molecule has 0 radical (unpaired) electrons. The van der Waals surface area contributed by atoms with Gasteiger partial charge in [0.15, 0.2) is 0 Å². The van der Waals surface area contributed by atoms with Crippen molar-refractivity contribution in [3.8, 4) is 22.3 Å². The molecule has 0 aromatic heterocycles. The molecule has 0 amide bonds. The highest BCUT2D eigenvalue weighted by Crippen LogP contribution is 2.49.